The number of aryl methyl sites for hydroxylation is 1. The molecule has 0 bridgehead atoms. The maximum atomic E-state index is 11.7. The number of benzene rings is 1. The quantitative estimate of drug-likeness (QED) is 0.729. The van der Waals surface area contributed by atoms with Crippen molar-refractivity contribution in [2.45, 2.75) is 32.7 Å². The summed E-state index contributed by atoms with van der Waals surface area (Å²) in [7, 11) is 0. The molecule has 1 heterocycles. The highest BCUT2D eigenvalue weighted by Crippen LogP contribution is 2.11. The molecule has 2 aromatic rings. The van der Waals surface area contributed by atoms with Crippen LogP contribution >= 0.6 is 0 Å². The van der Waals surface area contributed by atoms with E-state index in [0.29, 0.717) is 25.4 Å². The highest BCUT2D eigenvalue weighted by Gasteiger charge is 2.05. The summed E-state index contributed by atoms with van der Waals surface area (Å²) in [6.07, 6.45) is 4.18. The molecule has 0 fully saturated rings. The molecule has 1 aromatic heterocycles. The van der Waals surface area contributed by atoms with Gasteiger partial charge in [0, 0.05) is 19.5 Å². The van der Waals surface area contributed by atoms with Gasteiger partial charge in [-0.25, -0.2) is 4.98 Å². The van der Waals surface area contributed by atoms with Gasteiger partial charge in [-0.1, -0.05) is 19.1 Å². The summed E-state index contributed by atoms with van der Waals surface area (Å²) < 4.78 is 2.12. The third-order valence-corrected chi connectivity index (χ3v) is 3.69. The zero-order chi connectivity index (χ0) is 15.1. The lowest BCUT2D eigenvalue weighted by atomic mass is 10.1. The van der Waals surface area contributed by atoms with Crippen molar-refractivity contribution in [3.8, 4) is 0 Å². The number of nitrogens with two attached hydrogens (primary N) is 1. The second-order valence-corrected chi connectivity index (χ2v) is 5.51. The van der Waals surface area contributed by atoms with Crippen molar-refractivity contribution in [3.63, 3.8) is 0 Å². The van der Waals surface area contributed by atoms with E-state index in [9.17, 15) is 4.79 Å². The lowest BCUT2D eigenvalue weighted by Gasteiger charge is -2.09. The summed E-state index contributed by atoms with van der Waals surface area (Å²) in [5, 5.41) is 2.96. The zero-order valence-electron chi connectivity index (χ0n) is 12.6. The molecule has 1 aromatic carbocycles. The fraction of sp³-hybridized carbons (Fsp3) is 0.500. The normalized spacial score (nSPS) is 12.5. The van der Waals surface area contributed by atoms with E-state index in [0.717, 1.165) is 30.4 Å². The fourth-order valence-electron chi connectivity index (χ4n) is 2.25. The van der Waals surface area contributed by atoms with Crippen molar-refractivity contribution in [2.24, 2.45) is 11.7 Å². The maximum Gasteiger partial charge on any atom is 0.220 e. The molecular weight excluding hydrogens is 264 g/mol. The smallest absolute Gasteiger partial charge is 0.220 e. The molecule has 21 heavy (non-hydrogen) atoms. The number of para-hydroxylation sites is 2. The topological polar surface area (TPSA) is 72.9 Å². The van der Waals surface area contributed by atoms with Crippen LogP contribution in [0.5, 0.6) is 0 Å². The molecule has 5 nitrogen and oxygen atoms in total. The standard InChI is InChI=1S/C16H24N4O/c1-13(11-17)7-8-16(21)18-9-4-10-20-12-19-14-5-2-3-6-15(14)20/h2-3,5-6,12-13H,4,7-11,17H2,1H3,(H,18,21). The first-order valence-electron chi connectivity index (χ1n) is 7.57. The molecule has 0 saturated heterocycles. The molecule has 0 aliphatic carbocycles. The highest BCUT2D eigenvalue weighted by atomic mass is 16.1. The van der Waals surface area contributed by atoms with Gasteiger partial charge in [0.2, 0.25) is 5.91 Å². The minimum atomic E-state index is 0.116. The number of carbonyl (C=O) groups excluding carboxylic acids is 1. The first-order valence-corrected chi connectivity index (χ1v) is 7.57. The van der Waals surface area contributed by atoms with Crippen molar-refractivity contribution in [1.29, 1.82) is 0 Å². The van der Waals surface area contributed by atoms with Crippen molar-refractivity contribution in [2.75, 3.05) is 13.1 Å². The number of aromatic nitrogens is 2. The molecule has 1 amide bonds. The van der Waals surface area contributed by atoms with E-state index >= 15 is 0 Å². The number of hydrogen-bond donors (Lipinski definition) is 2. The SMILES string of the molecule is CC(CN)CCC(=O)NCCCn1cnc2ccccc21. The molecule has 2 rings (SSSR count). The van der Waals surface area contributed by atoms with Crippen LogP contribution in [0.2, 0.25) is 0 Å². The number of rotatable bonds is 8. The van der Waals surface area contributed by atoms with E-state index < -0.39 is 0 Å². The summed E-state index contributed by atoms with van der Waals surface area (Å²) in [5.74, 6) is 0.527. The number of nitrogens with one attached hydrogen (secondary N) is 1. The molecule has 114 valence electrons. The molecule has 1 atom stereocenters. The van der Waals surface area contributed by atoms with Gasteiger partial charge < -0.3 is 15.6 Å². The molecule has 1 unspecified atom stereocenters. The second-order valence-electron chi connectivity index (χ2n) is 5.51. The Bertz CT molecular complexity index is 578. The van der Waals surface area contributed by atoms with Crippen LogP contribution in [0.25, 0.3) is 11.0 Å². The maximum absolute atomic E-state index is 11.7. The van der Waals surface area contributed by atoms with Gasteiger partial charge in [0.15, 0.2) is 0 Å². The lowest BCUT2D eigenvalue weighted by molar-refractivity contribution is -0.121. The van der Waals surface area contributed by atoms with Crippen molar-refractivity contribution >= 4 is 16.9 Å². The lowest BCUT2D eigenvalue weighted by Crippen LogP contribution is -2.26. The van der Waals surface area contributed by atoms with E-state index in [1.54, 1.807) is 0 Å². The number of hydrogen-bond acceptors (Lipinski definition) is 3. The molecule has 0 aliphatic heterocycles. The van der Waals surface area contributed by atoms with Gasteiger partial charge in [0.05, 0.1) is 17.4 Å². The van der Waals surface area contributed by atoms with Gasteiger partial charge in [-0.3, -0.25) is 4.79 Å². The van der Waals surface area contributed by atoms with E-state index in [1.165, 1.54) is 0 Å². The van der Waals surface area contributed by atoms with E-state index in [2.05, 4.69) is 27.9 Å². The second kappa shape index (κ2) is 7.78. The summed E-state index contributed by atoms with van der Waals surface area (Å²) in [5.41, 5.74) is 7.69. The fourth-order valence-corrected chi connectivity index (χ4v) is 2.25. The van der Waals surface area contributed by atoms with E-state index in [4.69, 9.17) is 5.73 Å². The summed E-state index contributed by atoms with van der Waals surface area (Å²) in [6, 6.07) is 8.07. The predicted octanol–water partition coefficient (Wildman–Crippen LogP) is 1.92. The van der Waals surface area contributed by atoms with Gasteiger partial charge in [-0.2, -0.15) is 0 Å². The van der Waals surface area contributed by atoms with Crippen molar-refractivity contribution < 1.29 is 4.79 Å². The van der Waals surface area contributed by atoms with Crippen LogP contribution in [0.1, 0.15) is 26.2 Å². The number of imidazole rings is 1. The van der Waals surface area contributed by atoms with Crippen LogP contribution in [0.15, 0.2) is 30.6 Å². The predicted molar refractivity (Wildman–Crippen MR) is 84.8 cm³/mol. The van der Waals surface area contributed by atoms with Crippen LogP contribution in [0.3, 0.4) is 0 Å². The van der Waals surface area contributed by atoms with Crippen LogP contribution in [0.4, 0.5) is 0 Å². The van der Waals surface area contributed by atoms with Crippen LogP contribution in [0, 0.1) is 5.92 Å². The average molecular weight is 288 g/mol. The first kappa shape index (κ1) is 15.5. The number of amides is 1. The third kappa shape index (κ3) is 4.56. The van der Waals surface area contributed by atoms with Crippen LogP contribution < -0.4 is 11.1 Å². The molecule has 5 heteroatoms. The van der Waals surface area contributed by atoms with Gasteiger partial charge >= 0.3 is 0 Å². The van der Waals surface area contributed by atoms with Gasteiger partial charge in [0.25, 0.3) is 0 Å². The van der Waals surface area contributed by atoms with E-state index in [-0.39, 0.29) is 5.91 Å². The number of fused-ring (bicyclic) bond motifs is 1. The Balaban J connectivity index is 1.69. The molecule has 0 radical (unpaired) electrons. The minimum Gasteiger partial charge on any atom is -0.356 e. The van der Waals surface area contributed by atoms with E-state index in [1.807, 2.05) is 24.5 Å². The molecular formula is C16H24N4O. The molecule has 0 spiro atoms. The van der Waals surface area contributed by atoms with Crippen LogP contribution in [-0.4, -0.2) is 28.5 Å². The monoisotopic (exact) mass is 288 g/mol. The Kier molecular flexibility index (Phi) is 5.75. The largest absolute Gasteiger partial charge is 0.356 e. The van der Waals surface area contributed by atoms with Crippen molar-refractivity contribution in [1.82, 2.24) is 14.9 Å². The summed E-state index contributed by atoms with van der Waals surface area (Å²) >= 11 is 0. The Morgan fingerprint density at radius 1 is 1.43 bits per heavy atom. The third-order valence-electron chi connectivity index (χ3n) is 3.69. The van der Waals surface area contributed by atoms with Crippen LogP contribution in [-0.2, 0) is 11.3 Å². The average Bonchev–Trinajstić information content (AvgIpc) is 2.92. The Labute approximate surface area is 125 Å². The Hall–Kier alpha value is -1.88. The molecule has 0 saturated carbocycles. The molecule has 0 aliphatic rings. The zero-order valence-corrected chi connectivity index (χ0v) is 12.6. The number of nitrogens with zero attached hydrogens (tertiary/aromatic N) is 2. The minimum absolute atomic E-state index is 0.116. The molecule has 3 N–H and O–H groups in total. The summed E-state index contributed by atoms with van der Waals surface area (Å²) in [4.78, 5) is 16.0. The van der Waals surface area contributed by atoms with Gasteiger partial charge in [-0.05, 0) is 37.4 Å². The Morgan fingerprint density at radius 2 is 2.24 bits per heavy atom. The van der Waals surface area contributed by atoms with Gasteiger partial charge in [-0.15, -0.1) is 0 Å². The Morgan fingerprint density at radius 3 is 3.05 bits per heavy atom. The first-order chi connectivity index (χ1) is 10.2. The van der Waals surface area contributed by atoms with Gasteiger partial charge in [0.1, 0.15) is 0 Å². The van der Waals surface area contributed by atoms with Crippen molar-refractivity contribution in [3.05, 3.63) is 30.6 Å². The summed E-state index contributed by atoms with van der Waals surface area (Å²) in [6.45, 7) is 4.26. The number of carbonyl (C=O) groups is 1. The highest BCUT2D eigenvalue weighted by molar-refractivity contribution is 5.76.